The van der Waals surface area contributed by atoms with E-state index in [0.29, 0.717) is 18.7 Å². The average molecular weight is 437 g/mol. The van der Waals surface area contributed by atoms with Crippen molar-refractivity contribution in [2.45, 2.75) is 25.7 Å². The number of hydrogen-bond acceptors (Lipinski definition) is 5. The van der Waals surface area contributed by atoms with Crippen molar-refractivity contribution in [3.63, 3.8) is 0 Å². The minimum atomic E-state index is -2.79. The smallest absolute Gasteiger partial charge is 0.280 e. The maximum Gasteiger partial charge on any atom is 0.280 e. The number of fused-ring (bicyclic) bond motifs is 1. The summed E-state index contributed by atoms with van der Waals surface area (Å²) < 4.78 is 60.9. The lowest BCUT2D eigenvalue weighted by Gasteiger charge is -2.37. The molecular formula is C20H19F4N5O2. The molecule has 1 aliphatic rings. The summed E-state index contributed by atoms with van der Waals surface area (Å²) in [6.07, 6.45) is -0.997. The van der Waals surface area contributed by atoms with E-state index >= 15 is 0 Å². The minimum Gasteiger partial charge on any atom is -0.491 e. The molecule has 4 rings (SSSR count). The van der Waals surface area contributed by atoms with Crippen LogP contribution in [-0.2, 0) is 0 Å². The first-order chi connectivity index (χ1) is 14.8. The van der Waals surface area contributed by atoms with Crippen LogP contribution in [0, 0.1) is 17.6 Å². The van der Waals surface area contributed by atoms with Crippen LogP contribution in [0.25, 0.3) is 5.78 Å². The number of methoxy groups -OCH3 is 1. The quantitative estimate of drug-likeness (QED) is 0.583. The number of ether oxygens (including phenoxy) is 1. The van der Waals surface area contributed by atoms with Crippen molar-refractivity contribution in [2.75, 3.05) is 20.2 Å². The molecule has 1 aromatic carbocycles. The molecule has 31 heavy (non-hydrogen) atoms. The number of likely N-dealkylation sites (tertiary alicyclic amines) is 1. The van der Waals surface area contributed by atoms with Gasteiger partial charge in [0.15, 0.2) is 17.4 Å². The molecule has 1 saturated heterocycles. The van der Waals surface area contributed by atoms with Crippen LogP contribution in [0.1, 0.15) is 47.4 Å². The van der Waals surface area contributed by atoms with E-state index in [1.165, 1.54) is 21.8 Å². The fraction of sp³-hybridized carbons (Fsp3) is 0.400. The van der Waals surface area contributed by atoms with Gasteiger partial charge in [-0.3, -0.25) is 4.79 Å². The summed E-state index contributed by atoms with van der Waals surface area (Å²) in [4.78, 5) is 22.1. The number of rotatable bonds is 4. The Labute approximate surface area is 174 Å². The van der Waals surface area contributed by atoms with Gasteiger partial charge in [-0.2, -0.15) is 10.1 Å². The highest BCUT2D eigenvalue weighted by Gasteiger charge is 2.33. The van der Waals surface area contributed by atoms with Gasteiger partial charge in [-0.15, -0.1) is 0 Å². The number of piperidine rings is 1. The van der Waals surface area contributed by atoms with Crippen LogP contribution in [0.5, 0.6) is 5.75 Å². The molecule has 0 unspecified atom stereocenters. The van der Waals surface area contributed by atoms with E-state index in [9.17, 15) is 22.4 Å². The monoisotopic (exact) mass is 437 g/mol. The number of aromatic nitrogens is 4. The van der Waals surface area contributed by atoms with Gasteiger partial charge in [0.2, 0.25) is 0 Å². The molecule has 7 nitrogen and oxygen atoms in total. The largest absolute Gasteiger partial charge is 0.491 e. The summed E-state index contributed by atoms with van der Waals surface area (Å²) in [5.41, 5.74) is -0.127. The molecule has 1 fully saturated rings. The summed E-state index contributed by atoms with van der Waals surface area (Å²) in [6, 6.07) is 3.12. The van der Waals surface area contributed by atoms with Crippen molar-refractivity contribution >= 4 is 11.7 Å². The molecule has 1 amide bonds. The fourth-order valence-corrected chi connectivity index (χ4v) is 3.93. The van der Waals surface area contributed by atoms with Crippen molar-refractivity contribution < 1.29 is 27.1 Å². The molecule has 0 radical (unpaired) electrons. The normalized spacial score (nSPS) is 19.3. The third-order valence-corrected chi connectivity index (χ3v) is 5.60. The number of alkyl halides is 2. The average Bonchev–Trinajstić information content (AvgIpc) is 3.21. The summed E-state index contributed by atoms with van der Waals surface area (Å²) in [5, 5.41) is 4.08. The SMILES string of the molecule is COc1c(F)cc(C(=O)N2CC[C@@H](C)[C@H](c3cc(C(F)F)nc4ncnn34)C2)cc1F. The Balaban J connectivity index is 1.67. The van der Waals surface area contributed by atoms with E-state index in [2.05, 4.69) is 19.8 Å². The Morgan fingerprint density at radius 1 is 1.23 bits per heavy atom. The molecule has 0 saturated carbocycles. The second-order valence-corrected chi connectivity index (χ2v) is 7.48. The molecule has 0 bridgehead atoms. The lowest BCUT2D eigenvalue weighted by atomic mass is 9.84. The van der Waals surface area contributed by atoms with Gasteiger partial charge < -0.3 is 9.64 Å². The Hall–Kier alpha value is -3.24. The topological polar surface area (TPSA) is 72.6 Å². The number of carbonyl (C=O) groups is 1. The van der Waals surface area contributed by atoms with Crippen LogP contribution in [0.4, 0.5) is 17.6 Å². The molecule has 1 aliphatic heterocycles. The van der Waals surface area contributed by atoms with Crippen molar-refractivity contribution in [3.05, 3.63) is 53.1 Å². The lowest BCUT2D eigenvalue weighted by Crippen LogP contribution is -2.42. The summed E-state index contributed by atoms with van der Waals surface area (Å²) >= 11 is 0. The van der Waals surface area contributed by atoms with Crippen LogP contribution in [-0.4, -0.2) is 50.6 Å². The van der Waals surface area contributed by atoms with E-state index in [-0.39, 0.29) is 29.7 Å². The minimum absolute atomic E-state index is 0.0358. The van der Waals surface area contributed by atoms with E-state index in [1.54, 1.807) is 0 Å². The number of halogens is 4. The number of amides is 1. The van der Waals surface area contributed by atoms with Crippen molar-refractivity contribution in [1.82, 2.24) is 24.5 Å². The molecule has 11 heteroatoms. The van der Waals surface area contributed by atoms with Crippen LogP contribution in [0.2, 0.25) is 0 Å². The van der Waals surface area contributed by atoms with Crippen LogP contribution in [0.3, 0.4) is 0 Å². The molecule has 0 spiro atoms. The van der Waals surface area contributed by atoms with Crippen LogP contribution >= 0.6 is 0 Å². The third kappa shape index (κ3) is 3.79. The Morgan fingerprint density at radius 3 is 2.58 bits per heavy atom. The highest BCUT2D eigenvalue weighted by molar-refractivity contribution is 5.94. The van der Waals surface area contributed by atoms with E-state index in [4.69, 9.17) is 0 Å². The van der Waals surface area contributed by atoms with Gasteiger partial charge >= 0.3 is 0 Å². The van der Waals surface area contributed by atoms with E-state index < -0.39 is 35.4 Å². The van der Waals surface area contributed by atoms with Gasteiger partial charge in [0.1, 0.15) is 12.0 Å². The van der Waals surface area contributed by atoms with E-state index in [1.807, 2.05) is 6.92 Å². The summed E-state index contributed by atoms with van der Waals surface area (Å²) in [6.45, 7) is 2.47. The standard InChI is InChI=1S/C20H19F4N5O2/c1-10-3-4-28(19(30)11-5-13(21)17(31-2)14(22)6-11)8-12(10)16-7-15(18(23)24)27-20-25-9-26-29(16)20/h5-7,9-10,12,18H,3-4,8H2,1-2H3/t10-,12-/m1/s1. The highest BCUT2D eigenvalue weighted by Crippen LogP contribution is 2.34. The first-order valence-corrected chi connectivity index (χ1v) is 9.61. The predicted molar refractivity (Wildman–Crippen MR) is 101 cm³/mol. The van der Waals surface area contributed by atoms with Gasteiger partial charge in [0, 0.05) is 24.6 Å². The van der Waals surface area contributed by atoms with Crippen molar-refractivity contribution in [1.29, 1.82) is 0 Å². The Bertz CT molecular complexity index is 1110. The number of nitrogens with zero attached hydrogens (tertiary/aromatic N) is 5. The molecule has 0 aliphatic carbocycles. The van der Waals surface area contributed by atoms with E-state index in [0.717, 1.165) is 19.2 Å². The maximum atomic E-state index is 14.1. The number of benzene rings is 1. The Kier molecular flexibility index (Phi) is 5.50. The molecule has 2 atom stereocenters. The molecule has 164 valence electrons. The zero-order valence-corrected chi connectivity index (χ0v) is 16.7. The number of hydrogen-bond donors (Lipinski definition) is 0. The maximum absolute atomic E-state index is 14.1. The summed E-state index contributed by atoms with van der Waals surface area (Å²) in [7, 11) is 1.13. The number of carbonyl (C=O) groups excluding carboxylic acids is 1. The van der Waals surface area contributed by atoms with Gasteiger partial charge in [0.05, 0.1) is 12.8 Å². The molecular weight excluding hydrogens is 418 g/mol. The van der Waals surface area contributed by atoms with Gasteiger partial charge in [0.25, 0.3) is 18.1 Å². The molecule has 3 aromatic rings. The van der Waals surface area contributed by atoms with Gasteiger partial charge in [-0.1, -0.05) is 6.92 Å². The molecule has 2 aromatic heterocycles. The molecule has 3 heterocycles. The lowest BCUT2D eigenvalue weighted by molar-refractivity contribution is 0.0664. The molecule has 0 N–H and O–H groups in total. The van der Waals surface area contributed by atoms with Crippen LogP contribution < -0.4 is 4.74 Å². The zero-order chi connectivity index (χ0) is 22.3. The van der Waals surface area contributed by atoms with Crippen LogP contribution in [0.15, 0.2) is 24.5 Å². The van der Waals surface area contributed by atoms with Gasteiger partial charge in [-0.25, -0.2) is 27.1 Å². The first kappa shape index (κ1) is 21.0. The first-order valence-electron chi connectivity index (χ1n) is 9.61. The third-order valence-electron chi connectivity index (χ3n) is 5.60. The second-order valence-electron chi connectivity index (χ2n) is 7.48. The fourth-order valence-electron chi connectivity index (χ4n) is 3.93. The summed E-state index contributed by atoms with van der Waals surface area (Å²) in [5.74, 6) is -3.35. The predicted octanol–water partition coefficient (Wildman–Crippen LogP) is 3.61. The Morgan fingerprint density at radius 2 is 1.94 bits per heavy atom. The van der Waals surface area contributed by atoms with Crippen molar-refractivity contribution in [3.8, 4) is 5.75 Å². The van der Waals surface area contributed by atoms with Gasteiger partial charge in [-0.05, 0) is 30.5 Å². The second kappa shape index (κ2) is 8.12. The zero-order valence-electron chi connectivity index (χ0n) is 16.7. The van der Waals surface area contributed by atoms with Crippen molar-refractivity contribution in [2.24, 2.45) is 5.92 Å². The highest BCUT2D eigenvalue weighted by atomic mass is 19.3.